The Balaban J connectivity index is 0.000000519. The Morgan fingerprint density at radius 3 is 2.19 bits per heavy atom. The fraction of sp³-hybridized carbons (Fsp3) is 0.250. The SMILES string of the molecule is CC.CNc1ccccc1C.N/C(=C\N(N)c1ccc(NC=O)cc1)CO. The summed E-state index contributed by atoms with van der Waals surface area (Å²) in [6.07, 6.45) is 2.01. The molecule has 148 valence electrons. The van der Waals surface area contributed by atoms with E-state index in [1.807, 2.05) is 33.0 Å². The number of aliphatic hydroxyl groups is 1. The van der Waals surface area contributed by atoms with Crippen LogP contribution in [0.4, 0.5) is 17.1 Å². The van der Waals surface area contributed by atoms with Crippen molar-refractivity contribution in [3.63, 3.8) is 0 Å². The number of nitrogens with two attached hydrogens (primary N) is 2. The van der Waals surface area contributed by atoms with Crippen LogP contribution in [0.2, 0.25) is 0 Å². The molecule has 0 saturated heterocycles. The number of aryl methyl sites for hydroxylation is 1. The van der Waals surface area contributed by atoms with Crippen molar-refractivity contribution in [1.82, 2.24) is 0 Å². The highest BCUT2D eigenvalue weighted by molar-refractivity contribution is 5.72. The van der Waals surface area contributed by atoms with E-state index in [0.717, 1.165) is 0 Å². The van der Waals surface area contributed by atoms with Crippen LogP contribution in [-0.2, 0) is 4.79 Å². The third kappa shape index (κ3) is 9.29. The van der Waals surface area contributed by atoms with Crippen LogP contribution in [-0.4, -0.2) is 25.2 Å². The maximum atomic E-state index is 10.2. The quantitative estimate of drug-likeness (QED) is 0.302. The second kappa shape index (κ2) is 14.2. The van der Waals surface area contributed by atoms with Gasteiger partial charge in [-0.25, -0.2) is 5.84 Å². The minimum Gasteiger partial charge on any atom is -0.399 e. The number of rotatable bonds is 6. The number of amides is 1. The van der Waals surface area contributed by atoms with Crippen LogP contribution < -0.4 is 27.2 Å². The van der Waals surface area contributed by atoms with Crippen LogP contribution in [0.3, 0.4) is 0 Å². The Labute approximate surface area is 161 Å². The van der Waals surface area contributed by atoms with Crippen molar-refractivity contribution in [2.75, 3.05) is 29.3 Å². The largest absolute Gasteiger partial charge is 0.399 e. The Hall–Kier alpha value is -3.03. The molecule has 0 aliphatic rings. The Kier molecular flexibility index (Phi) is 12.6. The van der Waals surface area contributed by atoms with Gasteiger partial charge in [0, 0.05) is 24.6 Å². The predicted molar refractivity (Wildman–Crippen MR) is 114 cm³/mol. The second-order valence-corrected chi connectivity index (χ2v) is 5.14. The monoisotopic (exact) mass is 373 g/mol. The normalized spacial score (nSPS) is 9.78. The van der Waals surface area contributed by atoms with E-state index in [1.165, 1.54) is 22.5 Å². The molecule has 7 N–H and O–H groups in total. The van der Waals surface area contributed by atoms with Crippen LogP contribution >= 0.6 is 0 Å². The van der Waals surface area contributed by atoms with Crippen LogP contribution in [0, 0.1) is 6.92 Å². The topological polar surface area (TPSA) is 117 Å². The number of anilines is 3. The Morgan fingerprint density at radius 1 is 1.15 bits per heavy atom. The number of benzene rings is 2. The van der Waals surface area contributed by atoms with Gasteiger partial charge in [0.25, 0.3) is 0 Å². The molecule has 0 spiro atoms. The average molecular weight is 374 g/mol. The van der Waals surface area contributed by atoms with Gasteiger partial charge in [-0.1, -0.05) is 32.0 Å². The van der Waals surface area contributed by atoms with Crippen molar-refractivity contribution in [2.24, 2.45) is 11.6 Å². The summed E-state index contributed by atoms with van der Waals surface area (Å²) < 4.78 is 0. The fourth-order valence-corrected chi connectivity index (χ4v) is 1.95. The third-order valence-corrected chi connectivity index (χ3v) is 3.29. The van der Waals surface area contributed by atoms with Gasteiger partial charge in [-0.3, -0.25) is 9.80 Å². The summed E-state index contributed by atoms with van der Waals surface area (Å²) in [5.41, 5.74) is 9.54. The van der Waals surface area contributed by atoms with Gasteiger partial charge in [-0.2, -0.15) is 0 Å². The van der Waals surface area contributed by atoms with Crippen LogP contribution in [0.15, 0.2) is 60.4 Å². The van der Waals surface area contributed by atoms with Gasteiger partial charge in [-0.05, 0) is 42.8 Å². The van der Waals surface area contributed by atoms with Crippen LogP contribution in [0.1, 0.15) is 19.4 Å². The lowest BCUT2D eigenvalue weighted by Gasteiger charge is -2.14. The first kappa shape index (κ1) is 24.0. The summed E-state index contributed by atoms with van der Waals surface area (Å²) >= 11 is 0. The van der Waals surface area contributed by atoms with E-state index in [-0.39, 0.29) is 12.3 Å². The van der Waals surface area contributed by atoms with E-state index in [0.29, 0.717) is 17.8 Å². The second-order valence-electron chi connectivity index (χ2n) is 5.14. The number of nitrogens with zero attached hydrogens (tertiary/aromatic N) is 1. The number of para-hydroxylation sites is 1. The molecule has 7 nitrogen and oxygen atoms in total. The van der Waals surface area contributed by atoms with Gasteiger partial charge in [0.15, 0.2) is 0 Å². The van der Waals surface area contributed by atoms with Crippen molar-refractivity contribution in [1.29, 1.82) is 0 Å². The average Bonchev–Trinajstić information content (AvgIpc) is 2.71. The van der Waals surface area contributed by atoms with Crippen molar-refractivity contribution < 1.29 is 9.90 Å². The highest BCUT2D eigenvalue weighted by atomic mass is 16.3. The summed E-state index contributed by atoms with van der Waals surface area (Å²) in [6.45, 7) is 5.84. The van der Waals surface area contributed by atoms with E-state index < -0.39 is 0 Å². The molecular formula is C20H31N5O2. The maximum absolute atomic E-state index is 10.2. The van der Waals surface area contributed by atoms with E-state index in [2.05, 4.69) is 29.7 Å². The Bertz CT molecular complexity index is 687. The highest BCUT2D eigenvalue weighted by Gasteiger charge is 1.99. The molecule has 0 heterocycles. The molecule has 2 aromatic carbocycles. The molecule has 2 rings (SSSR count). The van der Waals surface area contributed by atoms with E-state index in [1.54, 1.807) is 24.3 Å². The number of carbonyl (C=O) groups excluding carboxylic acids is 1. The first-order chi connectivity index (χ1) is 13.0. The minimum atomic E-state index is -0.252. The van der Waals surface area contributed by atoms with Crippen LogP contribution in [0.5, 0.6) is 0 Å². The molecule has 0 saturated carbocycles. The van der Waals surface area contributed by atoms with Gasteiger partial charge >= 0.3 is 0 Å². The summed E-state index contributed by atoms with van der Waals surface area (Å²) in [6, 6.07) is 15.1. The summed E-state index contributed by atoms with van der Waals surface area (Å²) in [5.74, 6) is 5.67. The number of carbonyl (C=O) groups is 1. The van der Waals surface area contributed by atoms with Crippen molar-refractivity contribution in [3.8, 4) is 0 Å². The number of aliphatic hydroxyl groups excluding tert-OH is 1. The zero-order chi connectivity index (χ0) is 20.7. The van der Waals surface area contributed by atoms with E-state index in [9.17, 15) is 4.79 Å². The summed E-state index contributed by atoms with van der Waals surface area (Å²) in [5, 5.41) is 15.6. The van der Waals surface area contributed by atoms with Gasteiger partial charge in [0.2, 0.25) is 6.41 Å². The van der Waals surface area contributed by atoms with Crippen molar-refractivity contribution in [3.05, 3.63) is 66.0 Å². The first-order valence-corrected chi connectivity index (χ1v) is 8.66. The molecule has 2 aromatic rings. The lowest BCUT2D eigenvalue weighted by molar-refractivity contribution is -0.105. The lowest BCUT2D eigenvalue weighted by Crippen LogP contribution is -2.26. The van der Waals surface area contributed by atoms with Gasteiger partial charge < -0.3 is 21.5 Å². The lowest BCUT2D eigenvalue weighted by atomic mass is 10.2. The Morgan fingerprint density at radius 2 is 1.74 bits per heavy atom. The standard InChI is InChI=1S/C10H14N4O2.C8H11N.C2H6/c11-8(6-15)5-14(12)10-3-1-9(2-4-10)13-7-16;1-7-5-3-4-6-8(7)9-2;1-2/h1-5,7,15H,6,11-12H2,(H,13,16);3-6,9H,1-2H3;1-2H3/b8-5-;;. The zero-order valence-corrected chi connectivity index (χ0v) is 16.4. The van der Waals surface area contributed by atoms with Gasteiger partial charge in [0.1, 0.15) is 0 Å². The first-order valence-electron chi connectivity index (χ1n) is 8.66. The molecule has 0 aromatic heterocycles. The third-order valence-electron chi connectivity index (χ3n) is 3.29. The number of hydrogen-bond donors (Lipinski definition) is 5. The molecule has 0 aliphatic carbocycles. The molecule has 0 bridgehead atoms. The number of nitrogens with one attached hydrogen (secondary N) is 2. The molecule has 0 unspecified atom stereocenters. The molecule has 7 heteroatoms. The number of hydrogen-bond acceptors (Lipinski definition) is 6. The van der Waals surface area contributed by atoms with Crippen molar-refractivity contribution >= 4 is 23.5 Å². The molecular weight excluding hydrogens is 342 g/mol. The summed E-state index contributed by atoms with van der Waals surface area (Å²) in [4.78, 5) is 10.2. The van der Waals surface area contributed by atoms with Crippen molar-refractivity contribution in [2.45, 2.75) is 20.8 Å². The molecule has 1 amide bonds. The van der Waals surface area contributed by atoms with Gasteiger partial charge in [0.05, 0.1) is 18.0 Å². The minimum absolute atomic E-state index is 0.252. The van der Waals surface area contributed by atoms with Gasteiger partial charge in [-0.15, -0.1) is 0 Å². The van der Waals surface area contributed by atoms with E-state index >= 15 is 0 Å². The highest BCUT2D eigenvalue weighted by Crippen LogP contribution is 2.15. The molecule has 0 aliphatic heterocycles. The molecule has 0 atom stereocenters. The molecule has 0 fully saturated rings. The smallest absolute Gasteiger partial charge is 0.211 e. The number of hydrazine groups is 1. The van der Waals surface area contributed by atoms with Crippen LogP contribution in [0.25, 0.3) is 0 Å². The predicted octanol–water partition coefficient (Wildman–Crippen LogP) is 2.79. The maximum Gasteiger partial charge on any atom is 0.211 e. The molecule has 27 heavy (non-hydrogen) atoms. The fourth-order valence-electron chi connectivity index (χ4n) is 1.95. The molecule has 0 radical (unpaired) electrons. The summed E-state index contributed by atoms with van der Waals surface area (Å²) in [7, 11) is 1.93. The zero-order valence-electron chi connectivity index (χ0n) is 16.4. The van der Waals surface area contributed by atoms with E-state index in [4.69, 9.17) is 16.7 Å².